The molecule has 38 heavy (non-hydrogen) atoms. The van der Waals surface area contributed by atoms with Crippen molar-refractivity contribution in [1.82, 2.24) is 0 Å². The summed E-state index contributed by atoms with van der Waals surface area (Å²) in [6.07, 6.45) is 9.15. The Hall–Kier alpha value is -1.20. The summed E-state index contributed by atoms with van der Waals surface area (Å²) in [4.78, 5) is 4.67. The fourth-order valence-corrected chi connectivity index (χ4v) is 7.61. The number of fused-ring (bicyclic) bond motifs is 1. The first-order chi connectivity index (χ1) is 14.5. The first-order valence-electron chi connectivity index (χ1n) is 11.6. The molecule has 212 valence electrons. The van der Waals surface area contributed by atoms with E-state index in [0.29, 0.717) is 12.0 Å². The molecule has 0 N–H and O–H groups in total. The third-order valence-corrected chi connectivity index (χ3v) is 8.39. The summed E-state index contributed by atoms with van der Waals surface area (Å²) in [5.41, 5.74) is 5.04. The molecular weight excluding hydrogens is 658 g/mol. The summed E-state index contributed by atoms with van der Waals surface area (Å²) >= 11 is 0. The molecule has 0 saturated heterocycles. The van der Waals surface area contributed by atoms with Gasteiger partial charge in [0.05, 0.1) is 6.04 Å². The van der Waals surface area contributed by atoms with Gasteiger partial charge in [-0.15, -0.1) is 0 Å². The molecule has 11 heteroatoms. The van der Waals surface area contributed by atoms with Gasteiger partial charge in [-0.05, 0) is 97.3 Å². The van der Waals surface area contributed by atoms with Crippen molar-refractivity contribution < 1.29 is 55.8 Å². The fraction of sp³-hybridized carbons (Fsp3) is 0.519. The molecule has 2 aromatic rings. The number of halogens is 6. The number of benzene rings is 2. The van der Waals surface area contributed by atoms with E-state index in [1.54, 1.807) is 6.21 Å². The largest absolute Gasteiger partial charge is 3.00 e. The summed E-state index contributed by atoms with van der Waals surface area (Å²) < 4.78 is 0. The molecule has 5 aliphatic rings. The van der Waals surface area contributed by atoms with Crippen molar-refractivity contribution in [3.63, 3.8) is 0 Å². The number of hydrogen-bond donors (Lipinski definition) is 0. The molecule has 4 fully saturated rings. The van der Waals surface area contributed by atoms with Gasteiger partial charge in [0, 0.05) is 30.6 Å². The van der Waals surface area contributed by atoms with E-state index in [2.05, 4.69) is 18.0 Å². The van der Waals surface area contributed by atoms with Crippen LogP contribution in [-0.4, -0.2) is 36.7 Å². The van der Waals surface area contributed by atoms with Crippen LogP contribution in [-0.2, 0) is 29.2 Å². The SMILES string of the molecule is Cc1cc(C=N[C@@H]2c3ccccc3C[C@@H]2[O-])c([O-])c(C23CC4CC(CC(C4)C2)C3)c1.[Cr+3].[F-].[F-].[F-].[F-].[F-].[F-].[Sb]. The van der Waals surface area contributed by atoms with E-state index in [9.17, 15) is 10.2 Å². The van der Waals surface area contributed by atoms with Gasteiger partial charge >= 0.3 is 17.4 Å². The van der Waals surface area contributed by atoms with E-state index >= 15 is 0 Å². The molecule has 4 radical (unpaired) electrons. The fourth-order valence-electron chi connectivity index (χ4n) is 7.61. The van der Waals surface area contributed by atoms with Crippen molar-refractivity contribution in [2.24, 2.45) is 22.7 Å². The van der Waals surface area contributed by atoms with Gasteiger partial charge in [-0.1, -0.05) is 53.8 Å². The van der Waals surface area contributed by atoms with Gasteiger partial charge in [0.25, 0.3) is 0 Å². The Kier molecular flexibility index (Phi) is 16.9. The minimum atomic E-state index is -0.763. The maximum Gasteiger partial charge on any atom is 3.00 e. The molecule has 4 saturated carbocycles. The molecule has 0 heterocycles. The van der Waals surface area contributed by atoms with Gasteiger partial charge < -0.3 is 38.4 Å². The molecule has 2 atom stereocenters. The number of aliphatic imine (C=N–C) groups is 1. The van der Waals surface area contributed by atoms with Crippen molar-refractivity contribution in [3.8, 4) is 5.75 Å². The van der Waals surface area contributed by atoms with Crippen LogP contribution in [0.25, 0.3) is 0 Å². The Morgan fingerprint density at radius 2 is 1.39 bits per heavy atom. The third kappa shape index (κ3) is 6.92. The van der Waals surface area contributed by atoms with E-state index in [1.165, 1.54) is 38.5 Å². The van der Waals surface area contributed by atoms with Crippen LogP contribution in [0.15, 0.2) is 41.4 Å². The van der Waals surface area contributed by atoms with Gasteiger partial charge in [0.15, 0.2) is 0 Å². The van der Waals surface area contributed by atoms with E-state index in [-0.39, 0.29) is 87.2 Å². The summed E-state index contributed by atoms with van der Waals surface area (Å²) in [7, 11) is 0. The minimum absolute atomic E-state index is 0. The Morgan fingerprint density at radius 3 is 1.95 bits per heavy atom. The van der Waals surface area contributed by atoms with Crippen LogP contribution < -0.4 is 38.4 Å². The average molecular weight is 687 g/mol. The van der Waals surface area contributed by atoms with Crippen molar-refractivity contribution >= 4 is 30.6 Å². The van der Waals surface area contributed by atoms with Crippen LogP contribution in [0.3, 0.4) is 0 Å². The standard InChI is InChI=1S/C27H30NO2.Cr.6FH.Sb/c1-16-6-21(15-28-25-22-5-3-2-4-20(22)11-24(25)29)26(30)23(7-16)27-12-17-8-18(13-27)10-19(9-17)14-27;;;;;;;;/h2-7,15,17-19,24-25,30H,8-14H2,1H3;;6*1H;/q-1;+3;;;;;;;/p-7/t17?,18?,19?,24-,25+,27?;;;;;;;;/m0......../s1. The Morgan fingerprint density at radius 1 is 0.868 bits per heavy atom. The maximum absolute atomic E-state index is 13.6. The van der Waals surface area contributed by atoms with Crippen LogP contribution in [0, 0.1) is 24.7 Å². The Bertz CT molecular complexity index is 1020. The predicted octanol–water partition coefficient (Wildman–Crippen LogP) is -14.4. The molecule has 0 aliphatic heterocycles. The zero-order valence-corrected chi connectivity index (χ0v) is 24.6. The molecular formula is C27H29CrF6NO2Sb-5. The van der Waals surface area contributed by atoms with Crippen LogP contribution in [0.5, 0.6) is 5.75 Å². The third-order valence-electron chi connectivity index (χ3n) is 8.39. The van der Waals surface area contributed by atoms with Crippen molar-refractivity contribution in [2.75, 3.05) is 0 Å². The summed E-state index contributed by atoms with van der Waals surface area (Å²) in [5, 5.41) is 26.2. The second-order valence-electron chi connectivity index (χ2n) is 10.6. The van der Waals surface area contributed by atoms with Crippen molar-refractivity contribution in [3.05, 3.63) is 64.2 Å². The van der Waals surface area contributed by atoms with E-state index in [1.807, 2.05) is 30.3 Å². The topological polar surface area (TPSA) is 58.5 Å². The van der Waals surface area contributed by atoms with Gasteiger partial charge in [-0.2, -0.15) is 0 Å². The first-order valence-corrected chi connectivity index (χ1v) is 11.6. The van der Waals surface area contributed by atoms with Crippen LogP contribution in [0.2, 0.25) is 0 Å². The van der Waals surface area contributed by atoms with E-state index in [4.69, 9.17) is 0 Å². The van der Waals surface area contributed by atoms with E-state index < -0.39 is 6.10 Å². The van der Waals surface area contributed by atoms with Crippen LogP contribution >= 0.6 is 0 Å². The van der Waals surface area contributed by atoms with Crippen LogP contribution in [0.1, 0.15) is 72.4 Å². The van der Waals surface area contributed by atoms with Crippen molar-refractivity contribution in [1.29, 1.82) is 0 Å². The molecule has 5 aliphatic carbocycles. The molecule has 3 nitrogen and oxygen atoms in total. The molecule has 0 aromatic heterocycles. The number of rotatable bonds is 3. The molecule has 7 rings (SSSR count). The first kappa shape index (κ1) is 41.3. The average Bonchev–Trinajstić information content (AvgIpc) is 3.02. The number of nitrogens with zero attached hydrogens (tertiary/aromatic N) is 1. The Balaban J connectivity index is -0.00000153. The number of hydrogen-bond acceptors (Lipinski definition) is 3. The second kappa shape index (κ2) is 15.6. The summed E-state index contributed by atoms with van der Waals surface area (Å²) in [5.74, 6) is 2.58. The molecule has 0 spiro atoms. The Labute approximate surface area is 247 Å². The summed E-state index contributed by atoms with van der Waals surface area (Å²) in [6, 6.07) is 11.7. The van der Waals surface area contributed by atoms with Gasteiger partial charge in [-0.3, -0.25) is 4.99 Å². The van der Waals surface area contributed by atoms with Gasteiger partial charge in [0.2, 0.25) is 0 Å². The van der Waals surface area contributed by atoms with Gasteiger partial charge in [-0.25, -0.2) is 0 Å². The monoisotopic (exact) mass is 686 g/mol. The second-order valence-corrected chi connectivity index (χ2v) is 10.6. The smallest absolute Gasteiger partial charge is 1.00 e. The van der Waals surface area contributed by atoms with Gasteiger partial charge in [0.1, 0.15) is 0 Å². The normalized spacial score (nSPS) is 28.8. The molecule has 2 aromatic carbocycles. The molecule has 0 amide bonds. The zero-order valence-electron chi connectivity index (χ0n) is 20.8. The quantitative estimate of drug-likeness (QED) is 0.183. The predicted molar refractivity (Wildman–Crippen MR) is 120 cm³/mol. The minimum Gasteiger partial charge on any atom is -1.00 e. The van der Waals surface area contributed by atoms with E-state index in [0.717, 1.165) is 40.0 Å². The van der Waals surface area contributed by atoms with Crippen molar-refractivity contribution in [2.45, 2.75) is 69.4 Å². The maximum atomic E-state index is 13.6. The summed E-state index contributed by atoms with van der Waals surface area (Å²) in [6.45, 7) is 2.09. The molecule has 4 bridgehead atoms. The zero-order chi connectivity index (χ0) is 20.5. The molecule has 0 unspecified atom stereocenters. The van der Waals surface area contributed by atoms with Crippen LogP contribution in [0.4, 0.5) is 0 Å². The number of aryl methyl sites for hydroxylation is 1.